The number of rotatable bonds is 34. The molecule has 2 rings (SSSR count). The van der Waals surface area contributed by atoms with Gasteiger partial charge in [-0.3, -0.25) is 38.9 Å². The fraction of sp³-hybridized carbons (Fsp3) is 0.596. The number of phenolic OH excluding ortho intramolecular Hbond substituents is 1. The number of carbonyl (C=O) groups excluding carboxylic acids is 6. The molecule has 0 spiro atoms. The molecule has 20 heteroatoms. The van der Waals surface area contributed by atoms with Gasteiger partial charge in [0.1, 0.15) is 30.2 Å². The lowest BCUT2D eigenvalue weighted by molar-refractivity contribution is -0.385. The minimum atomic E-state index is -1.34. The number of benzene rings is 2. The molecule has 372 valence electrons. The summed E-state index contributed by atoms with van der Waals surface area (Å²) in [6.07, 6.45) is 10.00. The minimum absolute atomic E-state index is 0.00133. The van der Waals surface area contributed by atoms with E-state index >= 15 is 0 Å². The van der Waals surface area contributed by atoms with Crippen molar-refractivity contribution in [3.63, 3.8) is 0 Å². The molecule has 0 radical (unpaired) electrons. The van der Waals surface area contributed by atoms with Crippen molar-refractivity contribution in [2.45, 2.75) is 166 Å². The number of hydrogen-bond acceptors (Lipinski definition) is 12. The summed E-state index contributed by atoms with van der Waals surface area (Å²) in [5.41, 5.74) is 5.60. The molecule has 20 nitrogen and oxygen atoms in total. The molecule has 0 aliphatic carbocycles. The Morgan fingerprint density at radius 1 is 0.642 bits per heavy atom. The van der Waals surface area contributed by atoms with Crippen molar-refractivity contribution in [2.24, 2.45) is 11.7 Å². The zero-order valence-corrected chi connectivity index (χ0v) is 38.9. The van der Waals surface area contributed by atoms with Crippen molar-refractivity contribution in [1.82, 2.24) is 26.6 Å². The molecule has 67 heavy (non-hydrogen) atoms. The number of nitro groups is 1. The van der Waals surface area contributed by atoms with E-state index in [9.17, 15) is 64.1 Å². The Hall–Kier alpha value is -6.15. The van der Waals surface area contributed by atoms with Gasteiger partial charge in [0.05, 0.1) is 17.6 Å². The highest BCUT2D eigenvalue weighted by Crippen LogP contribution is 2.27. The van der Waals surface area contributed by atoms with Gasteiger partial charge in [-0.2, -0.15) is 0 Å². The zero-order valence-electron chi connectivity index (χ0n) is 38.9. The molecule has 3 unspecified atom stereocenters. The number of unbranched alkanes of at least 4 members (excludes halogenated alkanes) is 11. The molecule has 6 amide bonds. The Morgan fingerprint density at radius 2 is 1.13 bits per heavy atom. The molecule has 11 N–H and O–H groups in total. The average Bonchev–Trinajstić information content (AvgIpc) is 3.28. The van der Waals surface area contributed by atoms with Gasteiger partial charge in [-0.15, -0.1) is 0 Å². The molecule has 0 bridgehead atoms. The highest BCUT2D eigenvalue weighted by molar-refractivity contribution is 5.94. The van der Waals surface area contributed by atoms with Crippen LogP contribution in [0.5, 0.6) is 5.75 Å². The van der Waals surface area contributed by atoms with Crippen LogP contribution in [-0.4, -0.2) is 110 Å². The summed E-state index contributed by atoms with van der Waals surface area (Å²) < 4.78 is 0. The smallest absolute Gasteiger partial charge is 0.326 e. The van der Waals surface area contributed by atoms with Crippen LogP contribution < -0.4 is 32.3 Å². The van der Waals surface area contributed by atoms with Crippen molar-refractivity contribution in [3.05, 3.63) is 69.8 Å². The number of phenols is 1. The van der Waals surface area contributed by atoms with Gasteiger partial charge >= 0.3 is 11.7 Å². The van der Waals surface area contributed by atoms with Gasteiger partial charge in [0.25, 0.3) is 0 Å². The first-order chi connectivity index (χ1) is 31.9. The van der Waals surface area contributed by atoms with Crippen LogP contribution in [0.1, 0.15) is 128 Å². The van der Waals surface area contributed by atoms with E-state index < -0.39 is 101 Å². The molecule has 0 fully saturated rings. The molecule has 0 heterocycles. The first kappa shape index (κ1) is 57.0. The number of nitrogens with zero attached hydrogens (tertiary/aromatic N) is 1. The number of carbonyl (C=O) groups is 7. The third-order valence-corrected chi connectivity index (χ3v) is 11.5. The zero-order chi connectivity index (χ0) is 49.9. The first-order valence-electron chi connectivity index (χ1n) is 23.2. The number of nitrogens with two attached hydrogens (primary N) is 1. The van der Waals surface area contributed by atoms with E-state index in [1.807, 2.05) is 0 Å². The summed E-state index contributed by atoms with van der Waals surface area (Å²) in [6, 6.07) is 6.05. The van der Waals surface area contributed by atoms with E-state index in [2.05, 4.69) is 26.6 Å². The molecule has 0 aromatic heterocycles. The monoisotopic (exact) mass is 942 g/mol. The quantitative estimate of drug-likeness (QED) is 0.0275. The van der Waals surface area contributed by atoms with Gasteiger partial charge in [-0.1, -0.05) is 121 Å². The number of aromatic hydroxyl groups is 1. The van der Waals surface area contributed by atoms with Crippen molar-refractivity contribution >= 4 is 47.1 Å². The highest BCUT2D eigenvalue weighted by atomic mass is 16.6. The summed E-state index contributed by atoms with van der Waals surface area (Å²) in [5.74, 6) is -6.25. The number of primary amides is 1. The van der Waals surface area contributed by atoms with Gasteiger partial charge in [0.2, 0.25) is 35.4 Å². The maximum absolute atomic E-state index is 13.4. The second kappa shape index (κ2) is 30.9. The number of amides is 6. The Kier molecular flexibility index (Phi) is 26.3. The van der Waals surface area contributed by atoms with Crippen LogP contribution >= 0.6 is 0 Å². The third-order valence-electron chi connectivity index (χ3n) is 11.5. The number of nitrogens with one attached hydrogen (secondary N) is 5. The topological polar surface area (TPSA) is 330 Å². The summed E-state index contributed by atoms with van der Waals surface area (Å²) >= 11 is 0. The van der Waals surface area contributed by atoms with E-state index in [0.29, 0.717) is 24.8 Å². The Morgan fingerprint density at radius 3 is 1.61 bits per heavy atom. The van der Waals surface area contributed by atoms with Crippen molar-refractivity contribution < 1.29 is 58.9 Å². The van der Waals surface area contributed by atoms with E-state index in [0.717, 1.165) is 76.3 Å². The fourth-order valence-electron chi connectivity index (χ4n) is 7.28. The first-order valence-corrected chi connectivity index (χ1v) is 23.2. The maximum Gasteiger partial charge on any atom is 0.326 e. The Balaban J connectivity index is 1.70. The summed E-state index contributed by atoms with van der Waals surface area (Å²) in [5, 5.41) is 63.4. The molecular formula is C47H71N7O13. The SMILES string of the molecule is CCC(C)[C@@H](NC(=O)[C@@H](NC(=O)CCCCCCCCCCCCCCC(=O)N[C@@H](Cc1ccc(O)c([N+](=O)[O-])c1)C(=O)N[C@@H](Cc1ccccc1)C(=O)O)C(C)O)C(=O)NC(CO)C(N)=O. The van der Waals surface area contributed by atoms with Crippen LogP contribution in [0, 0.1) is 16.0 Å². The molecular weight excluding hydrogens is 871 g/mol. The van der Waals surface area contributed by atoms with E-state index in [1.54, 1.807) is 44.2 Å². The third kappa shape index (κ3) is 21.8. The van der Waals surface area contributed by atoms with Crippen LogP contribution in [0.15, 0.2) is 48.5 Å². The Bertz CT molecular complexity index is 1920. The minimum Gasteiger partial charge on any atom is -0.502 e. The van der Waals surface area contributed by atoms with E-state index in [1.165, 1.54) is 13.0 Å². The van der Waals surface area contributed by atoms with Crippen LogP contribution in [0.3, 0.4) is 0 Å². The lowest BCUT2D eigenvalue weighted by Crippen LogP contribution is -2.60. The second-order valence-corrected chi connectivity index (χ2v) is 17.0. The lowest BCUT2D eigenvalue weighted by Gasteiger charge is -2.28. The van der Waals surface area contributed by atoms with Crippen molar-refractivity contribution in [3.8, 4) is 5.75 Å². The normalized spacial score (nSPS) is 14.2. The van der Waals surface area contributed by atoms with E-state index in [-0.39, 0.29) is 37.2 Å². The maximum atomic E-state index is 13.4. The predicted octanol–water partition coefficient (Wildman–Crippen LogP) is 2.96. The van der Waals surface area contributed by atoms with Crippen molar-refractivity contribution in [2.75, 3.05) is 6.61 Å². The van der Waals surface area contributed by atoms with Crippen LogP contribution in [0.25, 0.3) is 0 Å². The largest absolute Gasteiger partial charge is 0.502 e. The van der Waals surface area contributed by atoms with Gasteiger partial charge in [-0.05, 0) is 42.9 Å². The number of hydrogen-bond donors (Lipinski definition) is 10. The van der Waals surface area contributed by atoms with Gasteiger partial charge in [-0.25, -0.2) is 4.79 Å². The van der Waals surface area contributed by atoms with Gasteiger partial charge in [0.15, 0.2) is 5.75 Å². The van der Waals surface area contributed by atoms with Gasteiger partial charge < -0.3 is 52.7 Å². The second-order valence-electron chi connectivity index (χ2n) is 17.0. The van der Waals surface area contributed by atoms with Crippen LogP contribution in [-0.2, 0) is 46.4 Å². The summed E-state index contributed by atoms with van der Waals surface area (Å²) in [7, 11) is 0. The number of carboxylic acid groups (broad SMARTS) is 1. The van der Waals surface area contributed by atoms with Crippen LogP contribution in [0.4, 0.5) is 5.69 Å². The molecule has 7 atom stereocenters. The molecule has 0 aliphatic heterocycles. The van der Waals surface area contributed by atoms with Crippen molar-refractivity contribution in [1.29, 1.82) is 0 Å². The molecule has 0 aliphatic rings. The number of aliphatic hydroxyl groups is 2. The standard InChI is InChI=1S/C47H71N7O13/c1-4-30(2)41(45(62)51-36(29-55)43(48)60)53-46(63)42(31(3)56)52-40(59)23-19-14-12-10-8-6-5-7-9-11-13-18-22-39(58)49-34(27-33-24-25-38(57)37(28-33)54(66)67)44(61)50-35(47(64)65)26-32-20-16-15-17-21-32/h15-17,20-21,24-25,28,30-31,34-36,41-42,55-57H,4-14,18-19,22-23,26-27,29H2,1-3H3,(H2,48,60)(H,49,58)(H,50,61)(H,51,62)(H,52,59)(H,53,63)(H,64,65)/t30?,31?,34-,35-,36?,41+,42-/m0/s1. The Labute approximate surface area is 391 Å². The lowest BCUT2D eigenvalue weighted by atomic mass is 9.97. The molecule has 2 aromatic carbocycles. The molecule has 0 saturated heterocycles. The number of nitro benzene ring substituents is 1. The molecule has 0 saturated carbocycles. The number of aliphatic hydroxyl groups excluding tert-OH is 2. The predicted molar refractivity (Wildman–Crippen MR) is 248 cm³/mol. The van der Waals surface area contributed by atoms with E-state index in [4.69, 9.17) is 5.73 Å². The summed E-state index contributed by atoms with van der Waals surface area (Å²) in [4.78, 5) is 99.3. The average molecular weight is 942 g/mol. The number of aliphatic carboxylic acids is 1. The molecule has 2 aromatic rings. The summed E-state index contributed by atoms with van der Waals surface area (Å²) in [6.45, 7) is 4.14. The van der Waals surface area contributed by atoms with Crippen LogP contribution in [0.2, 0.25) is 0 Å². The van der Waals surface area contributed by atoms with Gasteiger partial charge in [0, 0.05) is 31.7 Å². The fourth-order valence-corrected chi connectivity index (χ4v) is 7.28. The highest BCUT2D eigenvalue weighted by Gasteiger charge is 2.34. The number of carboxylic acids is 1.